The fourth-order valence-corrected chi connectivity index (χ4v) is 5.26. The topological polar surface area (TPSA) is 86.8 Å². The Hall–Kier alpha value is -2.78. The molecule has 1 heterocycles. The molecule has 176 valence electrons. The molecule has 0 aromatic heterocycles. The number of hydrogen-bond donors (Lipinski definition) is 1. The molecule has 0 saturated heterocycles. The molecule has 9 heteroatoms. The zero-order chi connectivity index (χ0) is 23.6. The molecule has 0 bridgehead atoms. The predicted octanol–water partition coefficient (Wildman–Crippen LogP) is 3.52. The summed E-state index contributed by atoms with van der Waals surface area (Å²) in [6.07, 6.45) is 4.97. The van der Waals surface area contributed by atoms with E-state index in [1.165, 1.54) is 30.0 Å². The highest BCUT2D eigenvalue weighted by Gasteiger charge is 2.45. The summed E-state index contributed by atoms with van der Waals surface area (Å²) in [4.78, 5) is 30.2. The van der Waals surface area contributed by atoms with Gasteiger partial charge in [-0.3, -0.25) is 14.5 Å². The molecule has 7 nitrogen and oxygen atoms in total. The number of para-hydroxylation sites is 1. The number of rotatable bonds is 7. The van der Waals surface area contributed by atoms with Crippen molar-refractivity contribution in [2.45, 2.75) is 51.1 Å². The minimum absolute atomic E-state index is 0.0421. The van der Waals surface area contributed by atoms with E-state index in [1.54, 1.807) is 23.1 Å². The van der Waals surface area contributed by atoms with Crippen LogP contribution in [0.15, 0.2) is 48.5 Å². The molecule has 1 aliphatic heterocycles. The summed E-state index contributed by atoms with van der Waals surface area (Å²) in [7, 11) is -3.63. The number of anilines is 2. The predicted molar refractivity (Wildman–Crippen MR) is 125 cm³/mol. The number of fused-ring (bicyclic) bond motifs is 1. The van der Waals surface area contributed by atoms with Crippen LogP contribution in [0.4, 0.5) is 15.8 Å². The zero-order valence-corrected chi connectivity index (χ0v) is 19.4. The number of hydrogen-bond acceptors (Lipinski definition) is 4. The van der Waals surface area contributed by atoms with E-state index in [9.17, 15) is 22.4 Å². The van der Waals surface area contributed by atoms with Crippen molar-refractivity contribution in [1.82, 2.24) is 4.72 Å². The largest absolute Gasteiger partial charge is 0.307 e. The van der Waals surface area contributed by atoms with Crippen LogP contribution in [0.5, 0.6) is 0 Å². The van der Waals surface area contributed by atoms with E-state index in [1.807, 2.05) is 12.1 Å². The van der Waals surface area contributed by atoms with Crippen molar-refractivity contribution >= 4 is 33.2 Å². The quantitative estimate of drug-likeness (QED) is 0.667. The molecule has 2 aromatic rings. The highest BCUT2D eigenvalue weighted by molar-refractivity contribution is 7.89. The molecule has 1 atom stereocenters. The number of nitrogens with zero attached hydrogens (tertiary/aromatic N) is 2. The van der Waals surface area contributed by atoms with Crippen molar-refractivity contribution in [3.8, 4) is 0 Å². The summed E-state index contributed by atoms with van der Waals surface area (Å²) in [6.45, 7) is 0.942. The van der Waals surface area contributed by atoms with Gasteiger partial charge in [0.2, 0.25) is 15.9 Å². The van der Waals surface area contributed by atoms with Gasteiger partial charge in [-0.05, 0) is 44.0 Å². The molecular weight excluding hydrogens is 445 g/mol. The summed E-state index contributed by atoms with van der Waals surface area (Å²) in [6, 6.07) is 11.8. The Balaban J connectivity index is 1.76. The summed E-state index contributed by atoms with van der Waals surface area (Å²) >= 11 is 0. The summed E-state index contributed by atoms with van der Waals surface area (Å²) in [5.41, 5.74) is 1.61. The van der Waals surface area contributed by atoms with Crippen LogP contribution < -0.4 is 14.5 Å². The van der Waals surface area contributed by atoms with Crippen LogP contribution in [-0.2, 0) is 19.6 Å². The first-order valence-corrected chi connectivity index (χ1v) is 12.9. The number of sulfonamides is 1. The number of nitrogens with one attached hydrogen (secondary N) is 1. The molecule has 2 aromatic carbocycles. The van der Waals surface area contributed by atoms with Gasteiger partial charge in [-0.25, -0.2) is 17.5 Å². The van der Waals surface area contributed by atoms with Crippen LogP contribution in [0.2, 0.25) is 0 Å². The normalized spacial score (nSPS) is 18.9. The summed E-state index contributed by atoms with van der Waals surface area (Å²) in [5.74, 6) is -1.61. The van der Waals surface area contributed by atoms with Crippen LogP contribution in [0, 0.1) is 5.82 Å². The van der Waals surface area contributed by atoms with Gasteiger partial charge in [0.15, 0.2) is 0 Å². The second kappa shape index (κ2) is 9.61. The highest BCUT2D eigenvalue weighted by atomic mass is 32.2. The number of halogens is 1. The van der Waals surface area contributed by atoms with E-state index < -0.39 is 34.3 Å². The van der Waals surface area contributed by atoms with E-state index in [4.69, 9.17) is 0 Å². The third-order valence-corrected chi connectivity index (χ3v) is 7.68. The van der Waals surface area contributed by atoms with Crippen molar-refractivity contribution in [3.63, 3.8) is 0 Å². The lowest BCUT2D eigenvalue weighted by Crippen LogP contribution is -2.48. The molecule has 33 heavy (non-hydrogen) atoms. The van der Waals surface area contributed by atoms with Crippen molar-refractivity contribution < 1.29 is 22.4 Å². The maximum absolute atomic E-state index is 14.1. The molecule has 2 aliphatic rings. The van der Waals surface area contributed by atoms with Gasteiger partial charge in [0.1, 0.15) is 11.9 Å². The Labute approximate surface area is 193 Å². The summed E-state index contributed by atoms with van der Waals surface area (Å²) < 4.78 is 40.3. The molecule has 2 amide bonds. The van der Waals surface area contributed by atoms with E-state index >= 15 is 0 Å². The minimum Gasteiger partial charge on any atom is -0.307 e. The molecule has 4 rings (SSSR count). The standard InChI is InChI=1S/C24H28FN3O4S/c1-2-33(31,32)26-16-22(29)28(19-12-8-9-17(25)15-19)23-20-13-6-7-14-21(20)27(24(23)30)18-10-4-3-5-11-18/h6-9,12-15,18,23,26H,2-5,10-11,16H2,1H3. The maximum Gasteiger partial charge on any atom is 0.255 e. The number of carbonyl (C=O) groups excluding carboxylic acids is 2. The number of amides is 2. The fraction of sp³-hybridized carbons (Fsp3) is 0.417. The first-order valence-electron chi connectivity index (χ1n) is 11.3. The first kappa shape index (κ1) is 23.4. The highest BCUT2D eigenvalue weighted by Crippen LogP contribution is 2.44. The van der Waals surface area contributed by atoms with Crippen molar-refractivity contribution in [3.05, 3.63) is 59.9 Å². The molecule has 1 N–H and O–H groups in total. The number of carbonyl (C=O) groups is 2. The van der Waals surface area contributed by atoms with Crippen LogP contribution in [0.1, 0.15) is 50.6 Å². The molecule has 1 saturated carbocycles. The van der Waals surface area contributed by atoms with E-state index in [2.05, 4.69) is 4.72 Å². The Bertz CT molecular complexity index is 1150. The average Bonchev–Trinajstić information content (AvgIpc) is 3.10. The van der Waals surface area contributed by atoms with Gasteiger partial charge < -0.3 is 4.90 Å². The van der Waals surface area contributed by atoms with Gasteiger partial charge in [-0.2, -0.15) is 0 Å². The van der Waals surface area contributed by atoms with Crippen LogP contribution in [-0.4, -0.2) is 38.6 Å². The molecule has 1 aliphatic carbocycles. The fourth-order valence-electron chi connectivity index (χ4n) is 4.71. The third-order valence-electron chi connectivity index (χ3n) is 6.34. The Morgan fingerprint density at radius 3 is 2.55 bits per heavy atom. The maximum atomic E-state index is 14.1. The van der Waals surface area contributed by atoms with Gasteiger partial charge in [-0.15, -0.1) is 0 Å². The molecule has 0 radical (unpaired) electrons. The monoisotopic (exact) mass is 473 g/mol. The van der Waals surface area contributed by atoms with Gasteiger partial charge in [0.05, 0.1) is 12.3 Å². The molecule has 1 fully saturated rings. The second-order valence-electron chi connectivity index (χ2n) is 8.43. The lowest BCUT2D eigenvalue weighted by atomic mass is 9.94. The van der Waals surface area contributed by atoms with E-state index in [-0.39, 0.29) is 23.4 Å². The number of benzene rings is 2. The van der Waals surface area contributed by atoms with Gasteiger partial charge in [0, 0.05) is 23.0 Å². The Morgan fingerprint density at radius 2 is 1.85 bits per heavy atom. The molecular formula is C24H28FN3O4S. The van der Waals surface area contributed by atoms with Crippen LogP contribution in [0.3, 0.4) is 0 Å². The van der Waals surface area contributed by atoms with Crippen molar-refractivity contribution in [1.29, 1.82) is 0 Å². The lowest BCUT2D eigenvalue weighted by Gasteiger charge is -2.33. The van der Waals surface area contributed by atoms with Crippen molar-refractivity contribution in [2.75, 3.05) is 22.1 Å². The zero-order valence-electron chi connectivity index (χ0n) is 18.5. The van der Waals surface area contributed by atoms with Crippen LogP contribution >= 0.6 is 0 Å². The Kier molecular flexibility index (Phi) is 6.81. The minimum atomic E-state index is -3.63. The van der Waals surface area contributed by atoms with Crippen molar-refractivity contribution in [2.24, 2.45) is 0 Å². The second-order valence-corrected chi connectivity index (χ2v) is 10.5. The SMILES string of the molecule is CCS(=O)(=O)NCC(=O)N(c1cccc(F)c1)C1C(=O)N(C2CCCCC2)c2ccccc21. The van der Waals surface area contributed by atoms with E-state index in [0.717, 1.165) is 37.8 Å². The third kappa shape index (κ3) is 4.79. The summed E-state index contributed by atoms with van der Waals surface area (Å²) in [5, 5.41) is 0. The van der Waals surface area contributed by atoms with E-state index in [0.29, 0.717) is 5.56 Å². The van der Waals surface area contributed by atoms with Gasteiger partial charge >= 0.3 is 0 Å². The van der Waals surface area contributed by atoms with Gasteiger partial charge in [-0.1, -0.05) is 43.5 Å². The first-order chi connectivity index (χ1) is 15.8. The molecule has 1 unspecified atom stereocenters. The lowest BCUT2D eigenvalue weighted by molar-refractivity contribution is -0.124. The van der Waals surface area contributed by atoms with Crippen LogP contribution in [0.25, 0.3) is 0 Å². The Morgan fingerprint density at radius 1 is 1.12 bits per heavy atom. The molecule has 0 spiro atoms. The average molecular weight is 474 g/mol. The van der Waals surface area contributed by atoms with Gasteiger partial charge in [0.25, 0.3) is 5.91 Å². The smallest absolute Gasteiger partial charge is 0.255 e.